The van der Waals surface area contributed by atoms with E-state index in [2.05, 4.69) is 10.6 Å². The summed E-state index contributed by atoms with van der Waals surface area (Å²) in [7, 11) is 1.57. The zero-order valence-corrected chi connectivity index (χ0v) is 11.9. The summed E-state index contributed by atoms with van der Waals surface area (Å²) in [6.07, 6.45) is -0.751. The summed E-state index contributed by atoms with van der Waals surface area (Å²) in [6.45, 7) is 1.58. The maximum absolute atomic E-state index is 11.8. The predicted octanol–water partition coefficient (Wildman–Crippen LogP) is 0.957. The zero-order chi connectivity index (χ0) is 15.1. The van der Waals surface area contributed by atoms with Gasteiger partial charge in [-0.05, 0) is 12.1 Å². The molecule has 1 heterocycles. The van der Waals surface area contributed by atoms with Gasteiger partial charge in [0.25, 0.3) is 0 Å². The van der Waals surface area contributed by atoms with Gasteiger partial charge in [-0.25, -0.2) is 9.59 Å². The first-order valence-corrected chi connectivity index (χ1v) is 6.74. The minimum atomic E-state index is -0.396. The minimum absolute atomic E-state index is 0.272. The number of methoxy groups -OCH3 is 1. The van der Waals surface area contributed by atoms with Crippen LogP contribution < -0.4 is 15.5 Å². The molecule has 0 aliphatic carbocycles. The van der Waals surface area contributed by atoms with Crippen LogP contribution in [0.3, 0.4) is 0 Å². The van der Waals surface area contributed by atoms with Gasteiger partial charge in [0.1, 0.15) is 6.10 Å². The Labute approximate surface area is 123 Å². The first-order chi connectivity index (χ1) is 10.2. The van der Waals surface area contributed by atoms with Crippen molar-refractivity contribution in [1.29, 1.82) is 0 Å². The molecule has 1 aliphatic heterocycles. The van der Waals surface area contributed by atoms with E-state index in [-0.39, 0.29) is 18.7 Å². The molecule has 0 bridgehead atoms. The molecule has 1 aromatic carbocycles. The van der Waals surface area contributed by atoms with E-state index >= 15 is 0 Å². The summed E-state index contributed by atoms with van der Waals surface area (Å²) in [6, 6.07) is 8.98. The second kappa shape index (κ2) is 7.49. The Morgan fingerprint density at radius 1 is 1.38 bits per heavy atom. The number of amides is 3. The van der Waals surface area contributed by atoms with E-state index < -0.39 is 6.09 Å². The van der Waals surface area contributed by atoms with E-state index in [1.807, 2.05) is 30.3 Å². The highest BCUT2D eigenvalue weighted by Crippen LogP contribution is 2.20. The lowest BCUT2D eigenvalue weighted by atomic mass is 10.3. The Morgan fingerprint density at radius 3 is 2.86 bits per heavy atom. The van der Waals surface area contributed by atoms with Gasteiger partial charge in [0.2, 0.25) is 0 Å². The van der Waals surface area contributed by atoms with E-state index in [4.69, 9.17) is 9.47 Å². The zero-order valence-electron chi connectivity index (χ0n) is 11.9. The van der Waals surface area contributed by atoms with Crippen LogP contribution in [0, 0.1) is 0 Å². The Balaban J connectivity index is 1.77. The molecular formula is C14H19N3O4. The number of anilines is 1. The summed E-state index contributed by atoms with van der Waals surface area (Å²) in [5.41, 5.74) is 0.787. The lowest BCUT2D eigenvalue weighted by molar-refractivity contribution is 0.140. The largest absolute Gasteiger partial charge is 0.442 e. The Bertz CT molecular complexity index is 480. The van der Waals surface area contributed by atoms with Crippen LogP contribution in [-0.2, 0) is 9.47 Å². The molecular weight excluding hydrogens is 274 g/mol. The Kier molecular flexibility index (Phi) is 5.39. The van der Waals surface area contributed by atoms with Gasteiger partial charge in [0.15, 0.2) is 0 Å². The van der Waals surface area contributed by atoms with Crippen molar-refractivity contribution in [3.8, 4) is 0 Å². The standard InChI is InChI=1S/C14H19N3O4/c1-20-8-7-15-13(18)16-9-12-10-17(14(19)21-12)11-5-3-2-4-6-11/h2-6,12H,7-10H2,1H3,(H2,15,16,18). The highest BCUT2D eigenvalue weighted by molar-refractivity contribution is 5.89. The monoisotopic (exact) mass is 293 g/mol. The molecule has 1 aromatic rings. The molecule has 1 aliphatic rings. The molecule has 1 unspecified atom stereocenters. The van der Waals surface area contributed by atoms with Crippen LogP contribution in [0.1, 0.15) is 0 Å². The lowest BCUT2D eigenvalue weighted by Crippen LogP contribution is -2.41. The maximum atomic E-state index is 11.8. The van der Waals surface area contributed by atoms with E-state index in [0.29, 0.717) is 19.7 Å². The van der Waals surface area contributed by atoms with Gasteiger partial charge in [-0.2, -0.15) is 0 Å². The maximum Gasteiger partial charge on any atom is 0.414 e. The van der Waals surface area contributed by atoms with Crippen molar-refractivity contribution in [2.75, 3.05) is 38.3 Å². The molecule has 114 valence electrons. The number of hydrogen-bond donors (Lipinski definition) is 2. The molecule has 0 radical (unpaired) electrons. The van der Waals surface area contributed by atoms with Crippen molar-refractivity contribution in [3.05, 3.63) is 30.3 Å². The van der Waals surface area contributed by atoms with Gasteiger partial charge in [0.05, 0.1) is 19.7 Å². The fraction of sp³-hybridized carbons (Fsp3) is 0.429. The lowest BCUT2D eigenvalue weighted by Gasteiger charge is -2.13. The molecule has 2 rings (SSSR count). The molecule has 0 saturated carbocycles. The quantitative estimate of drug-likeness (QED) is 0.766. The molecule has 3 amide bonds. The Hall–Kier alpha value is -2.28. The van der Waals surface area contributed by atoms with E-state index in [9.17, 15) is 9.59 Å². The molecule has 21 heavy (non-hydrogen) atoms. The molecule has 1 fully saturated rings. The molecule has 1 atom stereocenters. The summed E-state index contributed by atoms with van der Waals surface area (Å²) >= 11 is 0. The third-order valence-electron chi connectivity index (χ3n) is 3.02. The number of para-hydroxylation sites is 1. The van der Waals surface area contributed by atoms with Crippen molar-refractivity contribution in [2.24, 2.45) is 0 Å². The molecule has 7 nitrogen and oxygen atoms in total. The number of carbonyl (C=O) groups excluding carboxylic acids is 2. The summed E-state index contributed by atoms with van der Waals surface area (Å²) in [5, 5.41) is 5.30. The number of benzene rings is 1. The van der Waals surface area contributed by atoms with Crippen molar-refractivity contribution < 1.29 is 19.1 Å². The fourth-order valence-electron chi connectivity index (χ4n) is 1.98. The second-order valence-corrected chi connectivity index (χ2v) is 4.58. The number of nitrogens with zero attached hydrogens (tertiary/aromatic N) is 1. The summed E-state index contributed by atoms with van der Waals surface area (Å²) in [4.78, 5) is 24.8. The van der Waals surface area contributed by atoms with Gasteiger partial charge in [-0.3, -0.25) is 4.90 Å². The number of urea groups is 1. The smallest absolute Gasteiger partial charge is 0.414 e. The SMILES string of the molecule is COCCNC(=O)NCC1CN(c2ccccc2)C(=O)O1. The number of hydrogen-bond acceptors (Lipinski definition) is 4. The number of rotatable bonds is 6. The minimum Gasteiger partial charge on any atom is -0.442 e. The van der Waals surface area contributed by atoms with Gasteiger partial charge in [-0.1, -0.05) is 18.2 Å². The van der Waals surface area contributed by atoms with E-state index in [0.717, 1.165) is 5.69 Å². The molecule has 7 heteroatoms. The van der Waals surface area contributed by atoms with Crippen LogP contribution in [0.25, 0.3) is 0 Å². The molecule has 0 aromatic heterocycles. The fourth-order valence-corrected chi connectivity index (χ4v) is 1.98. The average molecular weight is 293 g/mol. The Morgan fingerprint density at radius 2 is 2.14 bits per heavy atom. The normalized spacial score (nSPS) is 17.5. The molecule has 1 saturated heterocycles. The highest BCUT2D eigenvalue weighted by atomic mass is 16.6. The van der Waals surface area contributed by atoms with E-state index in [1.165, 1.54) is 0 Å². The summed E-state index contributed by atoms with van der Waals surface area (Å²) in [5.74, 6) is 0. The molecule has 2 N–H and O–H groups in total. The number of cyclic esters (lactones) is 1. The third-order valence-corrected chi connectivity index (χ3v) is 3.02. The first-order valence-electron chi connectivity index (χ1n) is 6.74. The third kappa shape index (κ3) is 4.35. The van der Waals surface area contributed by atoms with Crippen LogP contribution in [0.2, 0.25) is 0 Å². The van der Waals surface area contributed by atoms with Crippen LogP contribution in [0.4, 0.5) is 15.3 Å². The van der Waals surface area contributed by atoms with Crippen LogP contribution >= 0.6 is 0 Å². The van der Waals surface area contributed by atoms with Crippen molar-refractivity contribution in [1.82, 2.24) is 10.6 Å². The topological polar surface area (TPSA) is 79.9 Å². The highest BCUT2D eigenvalue weighted by Gasteiger charge is 2.32. The van der Waals surface area contributed by atoms with Crippen molar-refractivity contribution in [3.63, 3.8) is 0 Å². The first kappa shape index (κ1) is 15.1. The number of nitrogens with one attached hydrogen (secondary N) is 2. The second-order valence-electron chi connectivity index (χ2n) is 4.58. The van der Waals surface area contributed by atoms with Crippen molar-refractivity contribution >= 4 is 17.8 Å². The number of carbonyl (C=O) groups is 2. The van der Waals surface area contributed by atoms with Crippen LogP contribution in [0.5, 0.6) is 0 Å². The average Bonchev–Trinajstić information content (AvgIpc) is 2.87. The van der Waals surface area contributed by atoms with Gasteiger partial charge >= 0.3 is 12.1 Å². The van der Waals surface area contributed by atoms with Crippen LogP contribution in [0.15, 0.2) is 30.3 Å². The van der Waals surface area contributed by atoms with Gasteiger partial charge in [0, 0.05) is 19.3 Å². The van der Waals surface area contributed by atoms with Gasteiger partial charge < -0.3 is 20.1 Å². The number of ether oxygens (including phenoxy) is 2. The van der Waals surface area contributed by atoms with Crippen LogP contribution in [-0.4, -0.2) is 51.6 Å². The molecule has 0 spiro atoms. The van der Waals surface area contributed by atoms with Gasteiger partial charge in [-0.15, -0.1) is 0 Å². The predicted molar refractivity (Wildman–Crippen MR) is 77.3 cm³/mol. The summed E-state index contributed by atoms with van der Waals surface area (Å²) < 4.78 is 10.1. The van der Waals surface area contributed by atoms with E-state index in [1.54, 1.807) is 12.0 Å². The van der Waals surface area contributed by atoms with Crippen molar-refractivity contribution in [2.45, 2.75) is 6.10 Å².